The number of hydrogen-bond donors (Lipinski definition) is 1. The number of nitrogens with zero attached hydrogens (tertiary/aromatic N) is 3. The average Bonchev–Trinajstić information content (AvgIpc) is 2.55. The molecule has 0 aliphatic carbocycles. The number of hydrogen-bond acceptors (Lipinski definition) is 4. The summed E-state index contributed by atoms with van der Waals surface area (Å²) in [5.74, 6) is 0.495. The molecule has 23 heavy (non-hydrogen) atoms. The Kier molecular flexibility index (Phi) is 6.74. The molecular formula is C18H28N4O. The topological polar surface area (TPSA) is 47.9 Å². The molecule has 2 rings (SSSR count). The van der Waals surface area contributed by atoms with Gasteiger partial charge in [-0.15, -0.1) is 0 Å². The fourth-order valence-electron chi connectivity index (χ4n) is 2.53. The van der Waals surface area contributed by atoms with Gasteiger partial charge in [0, 0.05) is 39.1 Å². The number of hydrazone groups is 1. The van der Waals surface area contributed by atoms with E-state index >= 15 is 0 Å². The minimum Gasteiger partial charge on any atom is -0.304 e. The predicted molar refractivity (Wildman–Crippen MR) is 94.8 cm³/mol. The van der Waals surface area contributed by atoms with Crippen LogP contribution in [0.1, 0.15) is 37.3 Å². The Balaban J connectivity index is 1.69. The second-order valence-electron chi connectivity index (χ2n) is 6.51. The number of nitrogens with one attached hydrogen (secondary N) is 1. The van der Waals surface area contributed by atoms with Gasteiger partial charge < -0.3 is 9.80 Å². The Bertz CT molecular complexity index is 516. The molecule has 1 N–H and O–H groups in total. The van der Waals surface area contributed by atoms with E-state index in [1.165, 1.54) is 5.56 Å². The molecular weight excluding hydrogens is 288 g/mol. The summed E-state index contributed by atoms with van der Waals surface area (Å²) in [6.07, 6.45) is 2.19. The van der Waals surface area contributed by atoms with Crippen molar-refractivity contribution in [3.05, 3.63) is 35.4 Å². The molecule has 5 nitrogen and oxygen atoms in total. The van der Waals surface area contributed by atoms with Crippen molar-refractivity contribution < 1.29 is 4.79 Å². The highest BCUT2D eigenvalue weighted by molar-refractivity contribution is 5.82. The minimum absolute atomic E-state index is 0.0287. The molecule has 1 aromatic rings. The highest BCUT2D eigenvalue weighted by Crippen LogP contribution is 2.13. The maximum Gasteiger partial charge on any atom is 0.241 e. The number of piperazine rings is 1. The molecule has 1 fully saturated rings. The molecule has 1 amide bonds. The normalized spacial score (nSPS) is 17.0. The van der Waals surface area contributed by atoms with Crippen LogP contribution in [0, 0.1) is 0 Å². The number of benzene rings is 1. The molecule has 1 saturated heterocycles. The third-order valence-electron chi connectivity index (χ3n) is 4.26. The van der Waals surface area contributed by atoms with Crippen molar-refractivity contribution >= 4 is 12.1 Å². The van der Waals surface area contributed by atoms with Gasteiger partial charge >= 0.3 is 0 Å². The van der Waals surface area contributed by atoms with Crippen molar-refractivity contribution in [2.24, 2.45) is 5.10 Å². The summed E-state index contributed by atoms with van der Waals surface area (Å²) in [7, 11) is 2.13. The number of carbonyl (C=O) groups excluding carboxylic acids is 1. The van der Waals surface area contributed by atoms with E-state index < -0.39 is 0 Å². The lowest BCUT2D eigenvalue weighted by atomic mass is 10.0. The van der Waals surface area contributed by atoms with Crippen LogP contribution in [-0.2, 0) is 4.79 Å². The summed E-state index contributed by atoms with van der Waals surface area (Å²) < 4.78 is 0. The highest BCUT2D eigenvalue weighted by Gasteiger charge is 2.14. The molecule has 1 heterocycles. The van der Waals surface area contributed by atoms with Gasteiger partial charge in [0.05, 0.1) is 6.21 Å². The Morgan fingerprint density at radius 3 is 2.48 bits per heavy atom. The van der Waals surface area contributed by atoms with Crippen molar-refractivity contribution in [1.82, 2.24) is 15.2 Å². The van der Waals surface area contributed by atoms with E-state index in [4.69, 9.17) is 0 Å². The van der Waals surface area contributed by atoms with Crippen LogP contribution in [0.15, 0.2) is 29.4 Å². The Morgan fingerprint density at radius 2 is 1.87 bits per heavy atom. The van der Waals surface area contributed by atoms with Gasteiger partial charge in [-0.1, -0.05) is 38.1 Å². The molecule has 0 aromatic heterocycles. The third-order valence-corrected chi connectivity index (χ3v) is 4.26. The molecule has 0 atom stereocenters. The molecule has 0 radical (unpaired) electrons. The molecule has 1 aliphatic rings. The zero-order chi connectivity index (χ0) is 16.7. The van der Waals surface area contributed by atoms with Crippen molar-refractivity contribution in [1.29, 1.82) is 0 Å². The second-order valence-corrected chi connectivity index (χ2v) is 6.51. The predicted octanol–water partition coefficient (Wildman–Crippen LogP) is 1.90. The van der Waals surface area contributed by atoms with E-state index in [1.807, 2.05) is 12.1 Å². The van der Waals surface area contributed by atoms with Gasteiger partial charge in [0.2, 0.25) is 5.91 Å². The molecule has 0 saturated carbocycles. The Labute approximate surface area is 139 Å². The molecule has 126 valence electrons. The molecule has 0 spiro atoms. The van der Waals surface area contributed by atoms with Crippen molar-refractivity contribution in [2.75, 3.05) is 39.8 Å². The number of amides is 1. The first-order valence-corrected chi connectivity index (χ1v) is 8.37. The summed E-state index contributed by atoms with van der Waals surface area (Å²) >= 11 is 0. The van der Waals surface area contributed by atoms with Crippen LogP contribution in [0.3, 0.4) is 0 Å². The number of carbonyl (C=O) groups is 1. The fraction of sp³-hybridized carbons (Fsp3) is 0.556. The van der Waals surface area contributed by atoms with E-state index in [9.17, 15) is 4.79 Å². The fourth-order valence-corrected chi connectivity index (χ4v) is 2.53. The van der Waals surface area contributed by atoms with E-state index in [2.05, 4.69) is 53.4 Å². The maximum atomic E-state index is 11.8. The van der Waals surface area contributed by atoms with E-state index in [0.29, 0.717) is 12.3 Å². The molecule has 5 heteroatoms. The van der Waals surface area contributed by atoms with Crippen LogP contribution in [0.4, 0.5) is 0 Å². The van der Waals surface area contributed by atoms with Crippen molar-refractivity contribution in [3.8, 4) is 0 Å². The van der Waals surface area contributed by atoms with Crippen molar-refractivity contribution in [2.45, 2.75) is 26.2 Å². The first-order chi connectivity index (χ1) is 11.0. The van der Waals surface area contributed by atoms with Gasteiger partial charge in [-0.2, -0.15) is 5.10 Å². The summed E-state index contributed by atoms with van der Waals surface area (Å²) in [6, 6.07) is 8.24. The summed E-state index contributed by atoms with van der Waals surface area (Å²) in [6.45, 7) is 9.37. The van der Waals surface area contributed by atoms with Gasteiger partial charge in [0.1, 0.15) is 0 Å². The van der Waals surface area contributed by atoms with Gasteiger partial charge in [0.15, 0.2) is 0 Å². The van der Waals surface area contributed by atoms with E-state index in [1.54, 1.807) is 6.21 Å². The molecule has 0 unspecified atom stereocenters. The standard InChI is InChI=1S/C18H28N4O/c1-15(2)17-6-4-16(5-7-17)14-19-20-18(23)8-9-22-12-10-21(3)11-13-22/h4-7,14-15H,8-13H2,1-3H3,(H,20,23)/b19-14-. The quantitative estimate of drug-likeness (QED) is 0.644. The molecule has 1 aromatic carbocycles. The van der Waals surface area contributed by atoms with Crippen LogP contribution in [0.5, 0.6) is 0 Å². The van der Waals surface area contributed by atoms with Gasteiger partial charge in [0.25, 0.3) is 0 Å². The number of rotatable bonds is 6. The summed E-state index contributed by atoms with van der Waals surface area (Å²) in [4.78, 5) is 16.5. The SMILES string of the molecule is CC(C)c1ccc(/C=N\NC(=O)CCN2CCN(C)CC2)cc1. The van der Waals surface area contributed by atoms with Crippen LogP contribution >= 0.6 is 0 Å². The minimum atomic E-state index is -0.0287. The van der Waals surface area contributed by atoms with E-state index in [0.717, 1.165) is 38.3 Å². The highest BCUT2D eigenvalue weighted by atomic mass is 16.2. The lowest BCUT2D eigenvalue weighted by molar-refractivity contribution is -0.121. The lowest BCUT2D eigenvalue weighted by Gasteiger charge is -2.32. The zero-order valence-corrected chi connectivity index (χ0v) is 14.5. The molecule has 0 bridgehead atoms. The van der Waals surface area contributed by atoms with Crippen molar-refractivity contribution in [3.63, 3.8) is 0 Å². The van der Waals surface area contributed by atoms with Crippen LogP contribution in [-0.4, -0.2) is 61.7 Å². The van der Waals surface area contributed by atoms with Crippen LogP contribution in [0.25, 0.3) is 0 Å². The molecule has 1 aliphatic heterocycles. The second kappa shape index (κ2) is 8.79. The first kappa shape index (κ1) is 17.6. The number of likely N-dealkylation sites (N-methyl/N-ethyl adjacent to an activating group) is 1. The Morgan fingerprint density at radius 1 is 1.22 bits per heavy atom. The summed E-state index contributed by atoms with van der Waals surface area (Å²) in [5, 5.41) is 4.04. The lowest BCUT2D eigenvalue weighted by Crippen LogP contribution is -2.45. The summed E-state index contributed by atoms with van der Waals surface area (Å²) in [5.41, 5.74) is 4.91. The first-order valence-electron chi connectivity index (χ1n) is 8.37. The van der Waals surface area contributed by atoms with Crippen LogP contribution in [0.2, 0.25) is 0 Å². The largest absolute Gasteiger partial charge is 0.304 e. The van der Waals surface area contributed by atoms with Crippen LogP contribution < -0.4 is 5.43 Å². The monoisotopic (exact) mass is 316 g/mol. The zero-order valence-electron chi connectivity index (χ0n) is 14.5. The smallest absolute Gasteiger partial charge is 0.241 e. The maximum absolute atomic E-state index is 11.8. The van der Waals surface area contributed by atoms with Gasteiger partial charge in [-0.05, 0) is 24.1 Å². The Hall–Kier alpha value is -1.72. The van der Waals surface area contributed by atoms with E-state index in [-0.39, 0.29) is 5.91 Å². The average molecular weight is 316 g/mol. The third kappa shape index (κ3) is 6.12. The van der Waals surface area contributed by atoms with Gasteiger partial charge in [-0.25, -0.2) is 5.43 Å². The van der Waals surface area contributed by atoms with Gasteiger partial charge in [-0.3, -0.25) is 4.79 Å².